The molecule has 0 radical (unpaired) electrons. The van der Waals surface area contributed by atoms with Gasteiger partial charge in [-0.2, -0.15) is 10.4 Å². The highest BCUT2D eigenvalue weighted by Gasteiger charge is 2.66. The molecule has 0 spiro atoms. The summed E-state index contributed by atoms with van der Waals surface area (Å²) in [6.45, 7) is 9.40. The maximum absolute atomic E-state index is 13.5. The van der Waals surface area contributed by atoms with Crippen molar-refractivity contribution in [3.8, 4) is 23.7 Å². The first-order valence-corrected chi connectivity index (χ1v) is 13.4. The molecule has 0 bridgehead atoms. The van der Waals surface area contributed by atoms with Crippen LogP contribution in [0, 0.1) is 34.0 Å². The van der Waals surface area contributed by atoms with Crippen LogP contribution in [0.15, 0.2) is 48.8 Å². The zero-order valence-electron chi connectivity index (χ0n) is 22.9. The molecule has 40 heavy (non-hydrogen) atoms. The van der Waals surface area contributed by atoms with Crippen LogP contribution in [0.3, 0.4) is 0 Å². The predicted octanol–water partition coefficient (Wildman–Crippen LogP) is 4.52. The Morgan fingerprint density at radius 1 is 1.15 bits per heavy atom. The highest BCUT2D eigenvalue weighted by molar-refractivity contribution is 6.31. The van der Waals surface area contributed by atoms with Crippen molar-refractivity contribution in [1.82, 2.24) is 14.7 Å². The standard InChI is InChI=1S/C31H30ClN5O3/c1-30(2)28(31(3,4)29(30)40-23-9-8-21(15-33)25(32)14-23)37-18-22-13-19(7-10-24(22)27(37)39)5-6-20-16-35-36(17-20)12-11-26(34)38/h7-10,13-14,16-17,28-29H,11-12,18H2,1-4H3,(H2,34,38). The normalized spacial score (nSPS) is 20.1. The lowest BCUT2D eigenvalue weighted by atomic mass is 9.49. The first kappa shape index (κ1) is 27.3. The Labute approximate surface area is 238 Å². The van der Waals surface area contributed by atoms with Crippen molar-refractivity contribution in [3.63, 3.8) is 0 Å². The van der Waals surface area contributed by atoms with Gasteiger partial charge in [0.1, 0.15) is 17.9 Å². The number of aryl methyl sites for hydroxylation is 1. The number of hydrogen-bond acceptors (Lipinski definition) is 5. The minimum Gasteiger partial charge on any atom is -0.489 e. The van der Waals surface area contributed by atoms with E-state index >= 15 is 0 Å². The monoisotopic (exact) mass is 555 g/mol. The number of amides is 2. The fourth-order valence-electron chi connectivity index (χ4n) is 6.56. The molecule has 0 unspecified atom stereocenters. The summed E-state index contributed by atoms with van der Waals surface area (Å²) in [5.41, 5.74) is 8.12. The van der Waals surface area contributed by atoms with Gasteiger partial charge in [0.15, 0.2) is 0 Å². The fraction of sp³-hybridized carbons (Fsp3) is 0.355. The molecule has 204 valence electrons. The van der Waals surface area contributed by atoms with Crippen LogP contribution in [0.2, 0.25) is 5.02 Å². The van der Waals surface area contributed by atoms with Gasteiger partial charge in [0, 0.05) is 59.8 Å². The molecule has 1 aromatic heterocycles. The minimum absolute atomic E-state index is 0.0104. The van der Waals surface area contributed by atoms with E-state index in [2.05, 4.69) is 50.7 Å². The predicted molar refractivity (Wildman–Crippen MR) is 150 cm³/mol. The van der Waals surface area contributed by atoms with E-state index in [9.17, 15) is 9.59 Å². The summed E-state index contributed by atoms with van der Waals surface area (Å²) >= 11 is 6.23. The van der Waals surface area contributed by atoms with Crippen molar-refractivity contribution in [1.29, 1.82) is 5.26 Å². The highest BCUT2D eigenvalue weighted by Crippen LogP contribution is 2.59. The van der Waals surface area contributed by atoms with Crippen LogP contribution in [0.1, 0.15) is 66.7 Å². The number of nitriles is 1. The number of hydrogen-bond donors (Lipinski definition) is 1. The average molecular weight is 556 g/mol. The number of aromatic nitrogens is 2. The van der Waals surface area contributed by atoms with Crippen molar-refractivity contribution >= 4 is 23.4 Å². The molecule has 1 fully saturated rings. The molecule has 0 saturated heterocycles. The first-order valence-electron chi connectivity index (χ1n) is 13.0. The van der Waals surface area contributed by atoms with Gasteiger partial charge in [-0.25, -0.2) is 0 Å². The van der Waals surface area contributed by atoms with Gasteiger partial charge in [0.05, 0.1) is 22.3 Å². The van der Waals surface area contributed by atoms with Crippen LogP contribution in [0.5, 0.6) is 5.75 Å². The van der Waals surface area contributed by atoms with Gasteiger partial charge in [-0.15, -0.1) is 0 Å². The van der Waals surface area contributed by atoms with Crippen LogP contribution >= 0.6 is 11.6 Å². The van der Waals surface area contributed by atoms with Gasteiger partial charge in [-0.3, -0.25) is 14.3 Å². The number of carbonyl (C=O) groups is 2. The third kappa shape index (κ3) is 4.80. The lowest BCUT2D eigenvalue weighted by molar-refractivity contribution is -0.199. The maximum Gasteiger partial charge on any atom is 0.254 e. The average Bonchev–Trinajstić information content (AvgIpc) is 3.48. The topological polar surface area (TPSA) is 114 Å². The van der Waals surface area contributed by atoms with E-state index in [0.717, 1.165) is 16.7 Å². The summed E-state index contributed by atoms with van der Waals surface area (Å²) in [5.74, 6) is 6.50. The first-order chi connectivity index (χ1) is 18.9. The van der Waals surface area contributed by atoms with Crippen molar-refractivity contribution in [2.24, 2.45) is 16.6 Å². The van der Waals surface area contributed by atoms with Crippen molar-refractivity contribution in [3.05, 3.63) is 81.6 Å². The Balaban J connectivity index is 1.31. The number of halogens is 1. The van der Waals surface area contributed by atoms with Crippen LogP contribution in [0.4, 0.5) is 0 Å². The number of primary amides is 1. The van der Waals surface area contributed by atoms with Gasteiger partial charge in [0.25, 0.3) is 5.91 Å². The van der Waals surface area contributed by atoms with Gasteiger partial charge < -0.3 is 15.4 Å². The lowest BCUT2D eigenvalue weighted by Crippen LogP contribution is -2.74. The molecule has 9 heteroatoms. The molecule has 5 rings (SSSR count). The zero-order chi connectivity index (χ0) is 28.8. The van der Waals surface area contributed by atoms with E-state index in [1.54, 1.807) is 35.3 Å². The molecule has 1 aliphatic carbocycles. The SMILES string of the molecule is CC1(C)C(Oc2ccc(C#N)c(Cl)c2)C(C)(C)C1N1Cc2cc(C#Cc3cnn(CCC(N)=O)c3)ccc2C1=O. The third-order valence-corrected chi connectivity index (χ3v) is 8.21. The molecule has 1 saturated carbocycles. The summed E-state index contributed by atoms with van der Waals surface area (Å²) in [7, 11) is 0. The van der Waals surface area contributed by atoms with Crippen LogP contribution in [-0.2, 0) is 17.9 Å². The summed E-state index contributed by atoms with van der Waals surface area (Å²) in [4.78, 5) is 26.5. The number of ether oxygens (including phenoxy) is 1. The number of benzene rings is 2. The largest absolute Gasteiger partial charge is 0.489 e. The van der Waals surface area contributed by atoms with E-state index in [1.807, 2.05) is 23.1 Å². The van der Waals surface area contributed by atoms with Gasteiger partial charge in [-0.1, -0.05) is 51.1 Å². The minimum atomic E-state index is -0.377. The Kier molecular flexibility index (Phi) is 6.85. The second kappa shape index (κ2) is 10.0. The Hall–Kier alpha value is -4.27. The Morgan fingerprint density at radius 2 is 1.88 bits per heavy atom. The summed E-state index contributed by atoms with van der Waals surface area (Å²) in [5, 5.41) is 13.7. The third-order valence-electron chi connectivity index (χ3n) is 7.90. The molecule has 2 aliphatic rings. The Morgan fingerprint density at radius 3 is 2.55 bits per heavy atom. The van der Waals surface area contributed by atoms with Crippen LogP contribution in [-0.4, -0.2) is 38.6 Å². The molecule has 2 N–H and O–H groups in total. The van der Waals surface area contributed by atoms with Crippen LogP contribution < -0.4 is 10.5 Å². The molecule has 2 amide bonds. The van der Waals surface area contributed by atoms with E-state index in [0.29, 0.717) is 35.0 Å². The second-order valence-corrected chi connectivity index (χ2v) is 12.0. The molecular formula is C31H30ClN5O3. The number of nitrogens with zero attached hydrogens (tertiary/aromatic N) is 4. The highest BCUT2D eigenvalue weighted by atomic mass is 35.5. The number of carbonyl (C=O) groups excluding carboxylic acids is 2. The smallest absolute Gasteiger partial charge is 0.254 e. The molecule has 0 atom stereocenters. The number of fused-ring (bicyclic) bond motifs is 1. The van der Waals surface area contributed by atoms with Crippen molar-refractivity contribution < 1.29 is 14.3 Å². The van der Waals surface area contributed by atoms with Crippen molar-refractivity contribution in [2.75, 3.05) is 0 Å². The zero-order valence-corrected chi connectivity index (χ0v) is 23.6. The van der Waals surface area contributed by atoms with E-state index in [-0.39, 0.29) is 41.2 Å². The maximum atomic E-state index is 13.5. The molecule has 3 aromatic rings. The molecular weight excluding hydrogens is 526 g/mol. The molecule has 2 aromatic carbocycles. The summed E-state index contributed by atoms with van der Waals surface area (Å²) < 4.78 is 8.05. The lowest BCUT2D eigenvalue weighted by Gasteiger charge is -2.65. The van der Waals surface area contributed by atoms with Gasteiger partial charge in [0.2, 0.25) is 5.91 Å². The second-order valence-electron chi connectivity index (χ2n) is 11.6. The molecule has 2 heterocycles. The summed E-state index contributed by atoms with van der Waals surface area (Å²) in [6.07, 6.45) is 3.47. The van der Waals surface area contributed by atoms with E-state index in [4.69, 9.17) is 27.3 Å². The number of rotatable bonds is 6. The summed E-state index contributed by atoms with van der Waals surface area (Å²) in [6, 6.07) is 12.8. The van der Waals surface area contributed by atoms with Crippen molar-refractivity contribution in [2.45, 2.75) is 59.4 Å². The molecule has 8 nitrogen and oxygen atoms in total. The number of nitrogens with two attached hydrogens (primary N) is 1. The Bertz CT molecular complexity index is 1610. The van der Waals surface area contributed by atoms with Gasteiger partial charge >= 0.3 is 0 Å². The van der Waals surface area contributed by atoms with E-state index in [1.165, 1.54) is 0 Å². The quantitative estimate of drug-likeness (QED) is 0.449. The van der Waals surface area contributed by atoms with Crippen LogP contribution in [0.25, 0.3) is 0 Å². The fourth-order valence-corrected chi connectivity index (χ4v) is 6.77. The van der Waals surface area contributed by atoms with Gasteiger partial charge in [-0.05, 0) is 35.9 Å². The van der Waals surface area contributed by atoms with E-state index < -0.39 is 0 Å². The molecule has 1 aliphatic heterocycles.